The summed E-state index contributed by atoms with van der Waals surface area (Å²) in [5.41, 5.74) is 1.62. The molecule has 39 heavy (non-hydrogen) atoms. The number of hydrogen-bond donors (Lipinski definition) is 1. The first-order valence-electron chi connectivity index (χ1n) is 12.6. The van der Waals surface area contributed by atoms with Crippen LogP contribution in [0, 0.1) is 5.92 Å². The Hall–Kier alpha value is -3.50. The molecule has 0 spiro atoms. The van der Waals surface area contributed by atoms with Crippen molar-refractivity contribution in [3.63, 3.8) is 0 Å². The number of amides is 3. The fourth-order valence-electron chi connectivity index (χ4n) is 4.36. The molecule has 10 heteroatoms. The maximum Gasteiger partial charge on any atom is 0.269 e. The molecule has 4 rings (SSSR count). The van der Waals surface area contributed by atoms with E-state index >= 15 is 0 Å². The maximum atomic E-state index is 13.9. The van der Waals surface area contributed by atoms with Gasteiger partial charge in [-0.15, -0.1) is 0 Å². The van der Waals surface area contributed by atoms with Crippen molar-refractivity contribution in [2.45, 2.75) is 37.8 Å². The maximum absolute atomic E-state index is 13.9. The molecule has 3 aromatic rings. The summed E-state index contributed by atoms with van der Waals surface area (Å²) in [5, 5.41) is 2.93. The second-order valence-electron chi connectivity index (χ2n) is 9.81. The van der Waals surface area contributed by atoms with Crippen LogP contribution in [0.15, 0.2) is 88.2 Å². The minimum absolute atomic E-state index is 0.0280. The van der Waals surface area contributed by atoms with Crippen LogP contribution in [0.1, 0.15) is 35.3 Å². The van der Waals surface area contributed by atoms with Gasteiger partial charge in [-0.2, -0.15) is 0 Å². The highest BCUT2D eigenvalue weighted by Gasteiger charge is 2.43. The van der Waals surface area contributed by atoms with E-state index in [0.717, 1.165) is 15.6 Å². The Kier molecular flexibility index (Phi) is 8.87. The second kappa shape index (κ2) is 12.1. The van der Waals surface area contributed by atoms with Gasteiger partial charge in [-0.25, -0.2) is 12.7 Å². The first-order chi connectivity index (χ1) is 18.6. The zero-order chi connectivity index (χ0) is 28.2. The second-order valence-corrected chi connectivity index (χ2v) is 12.6. The van der Waals surface area contributed by atoms with Gasteiger partial charge in [-0.3, -0.25) is 14.4 Å². The minimum atomic E-state index is -4.20. The Morgan fingerprint density at radius 3 is 2.21 bits per heavy atom. The summed E-state index contributed by atoms with van der Waals surface area (Å²) in [6.45, 7) is 3.69. The van der Waals surface area contributed by atoms with E-state index < -0.39 is 34.4 Å². The van der Waals surface area contributed by atoms with Gasteiger partial charge in [0.15, 0.2) is 0 Å². The summed E-state index contributed by atoms with van der Waals surface area (Å²) in [4.78, 5) is 41.7. The standard InChI is InChI=1S/C29H30BrN3O5S/c1-20(2)17-31-28(35)25(16-21-8-4-3-5-9-21)32(18-22-12-14-23(30)15-13-22)27(34)19-33-29(36)24-10-6-7-11-26(24)39(33,37)38/h3-15,20,25H,16-19H2,1-2H3,(H,31,35)/t25-/m0/s1. The van der Waals surface area contributed by atoms with E-state index in [1.807, 2.05) is 68.4 Å². The molecule has 0 saturated carbocycles. The molecule has 1 atom stereocenters. The van der Waals surface area contributed by atoms with E-state index in [1.54, 1.807) is 6.07 Å². The average Bonchev–Trinajstić information content (AvgIpc) is 3.11. The van der Waals surface area contributed by atoms with Crippen molar-refractivity contribution < 1.29 is 22.8 Å². The van der Waals surface area contributed by atoms with Gasteiger partial charge in [0.25, 0.3) is 15.9 Å². The Labute approximate surface area is 237 Å². The smallest absolute Gasteiger partial charge is 0.269 e. The first-order valence-corrected chi connectivity index (χ1v) is 14.8. The summed E-state index contributed by atoms with van der Waals surface area (Å²) in [6.07, 6.45) is 0.216. The lowest BCUT2D eigenvalue weighted by Crippen LogP contribution is -2.53. The first kappa shape index (κ1) is 28.5. The fraction of sp³-hybridized carbons (Fsp3) is 0.276. The molecule has 0 unspecified atom stereocenters. The van der Waals surface area contributed by atoms with Crippen molar-refractivity contribution >= 4 is 43.7 Å². The molecule has 0 fully saturated rings. The highest BCUT2D eigenvalue weighted by atomic mass is 79.9. The van der Waals surface area contributed by atoms with E-state index in [2.05, 4.69) is 21.2 Å². The van der Waals surface area contributed by atoms with Gasteiger partial charge in [-0.1, -0.05) is 84.4 Å². The fourth-order valence-corrected chi connectivity index (χ4v) is 6.15. The van der Waals surface area contributed by atoms with E-state index in [-0.39, 0.29) is 35.2 Å². The topological polar surface area (TPSA) is 104 Å². The van der Waals surface area contributed by atoms with Crippen LogP contribution in [0.2, 0.25) is 0 Å². The van der Waals surface area contributed by atoms with Crippen molar-refractivity contribution in [1.82, 2.24) is 14.5 Å². The molecule has 0 saturated heterocycles. The number of rotatable bonds is 10. The third-order valence-corrected chi connectivity index (χ3v) is 8.73. The summed E-state index contributed by atoms with van der Waals surface area (Å²) in [5.74, 6) is -1.57. The van der Waals surface area contributed by atoms with Crippen LogP contribution in [0.25, 0.3) is 0 Å². The van der Waals surface area contributed by atoms with Crippen LogP contribution in [0.4, 0.5) is 0 Å². The number of nitrogens with zero attached hydrogens (tertiary/aromatic N) is 2. The van der Waals surface area contributed by atoms with Crippen LogP contribution in [0.5, 0.6) is 0 Å². The van der Waals surface area contributed by atoms with Crippen LogP contribution in [-0.2, 0) is 32.6 Å². The molecular weight excluding hydrogens is 582 g/mol. The number of sulfonamides is 1. The van der Waals surface area contributed by atoms with Gasteiger partial charge < -0.3 is 10.2 Å². The van der Waals surface area contributed by atoms with Crippen molar-refractivity contribution in [2.24, 2.45) is 5.92 Å². The van der Waals surface area contributed by atoms with E-state index in [9.17, 15) is 22.8 Å². The predicted octanol–water partition coefficient (Wildman–Crippen LogP) is 4.01. The lowest BCUT2D eigenvalue weighted by molar-refractivity contribution is -0.141. The monoisotopic (exact) mass is 611 g/mol. The average molecular weight is 613 g/mol. The van der Waals surface area contributed by atoms with Crippen LogP contribution >= 0.6 is 15.9 Å². The Balaban J connectivity index is 1.70. The summed E-state index contributed by atoms with van der Waals surface area (Å²) in [6, 6.07) is 21.6. The lowest BCUT2D eigenvalue weighted by atomic mass is 10.0. The number of halogens is 1. The largest absolute Gasteiger partial charge is 0.354 e. The molecule has 204 valence electrons. The van der Waals surface area contributed by atoms with Gasteiger partial charge >= 0.3 is 0 Å². The van der Waals surface area contributed by atoms with Crippen molar-refractivity contribution in [3.05, 3.63) is 100 Å². The summed E-state index contributed by atoms with van der Waals surface area (Å²) < 4.78 is 27.8. The van der Waals surface area contributed by atoms with Gasteiger partial charge in [0.1, 0.15) is 17.5 Å². The molecule has 0 aliphatic carbocycles. The number of hydrogen-bond acceptors (Lipinski definition) is 5. The van der Waals surface area contributed by atoms with Gasteiger partial charge in [0.05, 0.1) is 5.56 Å². The Bertz CT molecular complexity index is 1460. The predicted molar refractivity (Wildman–Crippen MR) is 151 cm³/mol. The van der Waals surface area contributed by atoms with E-state index in [0.29, 0.717) is 10.8 Å². The number of carbonyl (C=O) groups excluding carboxylic acids is 3. The third kappa shape index (κ3) is 6.57. The van der Waals surface area contributed by atoms with Crippen LogP contribution < -0.4 is 5.32 Å². The highest BCUT2D eigenvalue weighted by molar-refractivity contribution is 9.10. The summed E-state index contributed by atoms with van der Waals surface area (Å²) >= 11 is 3.41. The molecule has 8 nitrogen and oxygen atoms in total. The minimum Gasteiger partial charge on any atom is -0.354 e. The normalized spacial score (nSPS) is 14.7. The number of fused-ring (bicyclic) bond motifs is 1. The molecule has 1 heterocycles. The van der Waals surface area contributed by atoms with Crippen molar-refractivity contribution in [2.75, 3.05) is 13.1 Å². The van der Waals surface area contributed by atoms with Gasteiger partial charge in [-0.05, 0) is 41.3 Å². The quantitative estimate of drug-likeness (QED) is 0.373. The molecule has 3 amide bonds. The molecule has 1 aliphatic rings. The molecule has 1 N–H and O–H groups in total. The molecule has 0 aromatic heterocycles. The Morgan fingerprint density at radius 1 is 0.923 bits per heavy atom. The molecule has 3 aromatic carbocycles. The number of benzene rings is 3. The highest BCUT2D eigenvalue weighted by Crippen LogP contribution is 2.30. The van der Waals surface area contributed by atoms with Crippen molar-refractivity contribution in [1.29, 1.82) is 0 Å². The molecule has 0 bridgehead atoms. The van der Waals surface area contributed by atoms with E-state index in [1.165, 1.54) is 23.1 Å². The molecule has 0 radical (unpaired) electrons. The zero-order valence-corrected chi connectivity index (χ0v) is 24.1. The lowest BCUT2D eigenvalue weighted by Gasteiger charge is -2.32. The van der Waals surface area contributed by atoms with Crippen molar-refractivity contribution in [3.8, 4) is 0 Å². The SMILES string of the molecule is CC(C)CNC(=O)[C@H](Cc1ccccc1)N(Cc1ccc(Br)cc1)C(=O)CN1C(=O)c2ccccc2S1(=O)=O. The van der Waals surface area contributed by atoms with E-state index in [4.69, 9.17) is 0 Å². The Morgan fingerprint density at radius 2 is 1.56 bits per heavy atom. The molecule has 1 aliphatic heterocycles. The van der Waals surface area contributed by atoms with Gasteiger partial charge in [0, 0.05) is 24.0 Å². The zero-order valence-electron chi connectivity index (χ0n) is 21.7. The van der Waals surface area contributed by atoms with Crippen LogP contribution in [-0.4, -0.2) is 54.5 Å². The number of nitrogens with one attached hydrogen (secondary N) is 1. The summed E-state index contributed by atoms with van der Waals surface area (Å²) in [7, 11) is -4.20. The van der Waals surface area contributed by atoms with Crippen LogP contribution in [0.3, 0.4) is 0 Å². The number of carbonyl (C=O) groups is 3. The third-order valence-electron chi connectivity index (χ3n) is 6.41. The molecular formula is C29H30BrN3O5S. The van der Waals surface area contributed by atoms with Gasteiger partial charge in [0.2, 0.25) is 11.8 Å².